The molecule has 1 aromatic heterocycles. The van der Waals surface area contributed by atoms with Gasteiger partial charge >= 0.3 is 0 Å². The van der Waals surface area contributed by atoms with E-state index in [-0.39, 0.29) is 5.69 Å². The zero-order valence-electron chi connectivity index (χ0n) is 5.97. The third kappa shape index (κ3) is 1.52. The van der Waals surface area contributed by atoms with E-state index in [4.69, 9.17) is 0 Å². The van der Waals surface area contributed by atoms with Crippen molar-refractivity contribution in [1.29, 1.82) is 0 Å². The maximum atomic E-state index is 12.7. The Morgan fingerprint density at radius 3 is 3.00 bits per heavy atom. The van der Waals surface area contributed by atoms with E-state index in [0.29, 0.717) is 0 Å². The topological polar surface area (TPSA) is 42.0 Å². The molecule has 0 unspecified atom stereocenters. The zero-order chi connectivity index (χ0) is 8.27. The van der Waals surface area contributed by atoms with Gasteiger partial charge in [-0.1, -0.05) is 0 Å². The largest absolute Gasteiger partial charge is 0.354 e. The van der Waals surface area contributed by atoms with E-state index in [1.165, 1.54) is 25.4 Å². The van der Waals surface area contributed by atoms with Crippen LogP contribution in [0.2, 0.25) is 0 Å². The van der Waals surface area contributed by atoms with Crippen LogP contribution in [0.15, 0.2) is 18.3 Å². The number of carbonyl (C=O) groups excluding carboxylic acids is 1. The lowest BCUT2D eigenvalue weighted by atomic mass is 10.3. The first-order valence-electron chi connectivity index (χ1n) is 3.08. The smallest absolute Gasteiger partial charge is 0.272 e. The molecule has 0 fully saturated rings. The lowest BCUT2D eigenvalue weighted by molar-refractivity contribution is 0.0953. The molecular weight excluding hydrogens is 147 g/mol. The number of rotatable bonds is 1. The highest BCUT2D eigenvalue weighted by atomic mass is 19.1. The number of pyridine rings is 1. The molecule has 11 heavy (non-hydrogen) atoms. The number of aromatic nitrogens is 1. The van der Waals surface area contributed by atoms with Crippen molar-refractivity contribution in [3.63, 3.8) is 0 Å². The van der Waals surface area contributed by atoms with Crippen LogP contribution in [0.4, 0.5) is 4.39 Å². The molecule has 0 saturated heterocycles. The molecular formula is C7H7FN2O. The van der Waals surface area contributed by atoms with Gasteiger partial charge in [0.2, 0.25) is 0 Å². The van der Waals surface area contributed by atoms with E-state index in [1.54, 1.807) is 0 Å². The van der Waals surface area contributed by atoms with Crippen molar-refractivity contribution in [2.45, 2.75) is 0 Å². The van der Waals surface area contributed by atoms with Gasteiger partial charge in [0.15, 0.2) is 11.5 Å². The van der Waals surface area contributed by atoms with Gasteiger partial charge in [0.05, 0.1) is 0 Å². The summed E-state index contributed by atoms with van der Waals surface area (Å²) in [6, 6.07) is 2.62. The Balaban J connectivity index is 3.03. The molecule has 0 aliphatic rings. The molecule has 0 radical (unpaired) electrons. The van der Waals surface area contributed by atoms with Crippen LogP contribution in [0.5, 0.6) is 0 Å². The van der Waals surface area contributed by atoms with E-state index < -0.39 is 11.7 Å². The maximum Gasteiger partial charge on any atom is 0.272 e. The molecule has 0 aromatic carbocycles. The van der Waals surface area contributed by atoms with Gasteiger partial charge in [-0.2, -0.15) is 0 Å². The van der Waals surface area contributed by atoms with Crippen molar-refractivity contribution in [3.05, 3.63) is 29.8 Å². The highest BCUT2D eigenvalue weighted by molar-refractivity contribution is 5.92. The van der Waals surface area contributed by atoms with Gasteiger partial charge in [-0.15, -0.1) is 0 Å². The number of hydrogen-bond donors (Lipinski definition) is 1. The molecule has 4 heteroatoms. The molecule has 0 aliphatic heterocycles. The highest BCUT2D eigenvalue weighted by Crippen LogP contribution is 2.00. The Labute approximate surface area is 63.3 Å². The Kier molecular flexibility index (Phi) is 2.15. The van der Waals surface area contributed by atoms with Crippen molar-refractivity contribution in [2.75, 3.05) is 7.05 Å². The van der Waals surface area contributed by atoms with Gasteiger partial charge in [0.1, 0.15) is 0 Å². The number of carbonyl (C=O) groups is 1. The molecule has 0 atom stereocenters. The molecule has 0 aliphatic carbocycles. The van der Waals surface area contributed by atoms with E-state index >= 15 is 0 Å². The summed E-state index contributed by atoms with van der Waals surface area (Å²) in [5, 5.41) is 2.28. The van der Waals surface area contributed by atoms with Gasteiger partial charge in [0.25, 0.3) is 5.91 Å². The molecule has 1 N–H and O–H groups in total. The molecule has 0 spiro atoms. The minimum Gasteiger partial charge on any atom is -0.354 e. The number of hydrogen-bond acceptors (Lipinski definition) is 2. The fraction of sp³-hybridized carbons (Fsp3) is 0.143. The molecule has 3 nitrogen and oxygen atoms in total. The summed E-state index contributed by atoms with van der Waals surface area (Å²) in [6.07, 6.45) is 1.37. The van der Waals surface area contributed by atoms with Crippen LogP contribution in [0, 0.1) is 5.82 Å². The number of nitrogens with one attached hydrogen (secondary N) is 1. The normalized spacial score (nSPS) is 9.27. The Bertz CT molecular complexity index is 275. The van der Waals surface area contributed by atoms with Crippen LogP contribution in [-0.2, 0) is 0 Å². The summed E-state index contributed by atoms with van der Waals surface area (Å²) in [5.74, 6) is -1.12. The van der Waals surface area contributed by atoms with E-state index in [1.807, 2.05) is 0 Å². The fourth-order valence-corrected chi connectivity index (χ4v) is 0.671. The molecule has 1 amide bonds. The summed E-state index contributed by atoms with van der Waals surface area (Å²) in [7, 11) is 1.43. The predicted octanol–water partition coefficient (Wildman–Crippen LogP) is 0.580. The Morgan fingerprint density at radius 1 is 1.73 bits per heavy atom. The van der Waals surface area contributed by atoms with Crippen molar-refractivity contribution < 1.29 is 9.18 Å². The fourth-order valence-electron chi connectivity index (χ4n) is 0.671. The Hall–Kier alpha value is -1.45. The first kappa shape index (κ1) is 7.65. The molecule has 1 aromatic rings. The second kappa shape index (κ2) is 3.09. The van der Waals surface area contributed by atoms with Crippen LogP contribution in [-0.4, -0.2) is 17.9 Å². The second-order valence-corrected chi connectivity index (χ2v) is 1.91. The average molecular weight is 154 g/mol. The van der Waals surface area contributed by atoms with Gasteiger partial charge in [-0.05, 0) is 12.1 Å². The lowest BCUT2D eigenvalue weighted by Crippen LogP contribution is -2.20. The van der Waals surface area contributed by atoms with E-state index in [9.17, 15) is 9.18 Å². The predicted molar refractivity (Wildman–Crippen MR) is 37.6 cm³/mol. The third-order valence-electron chi connectivity index (χ3n) is 1.20. The average Bonchev–Trinajstić information content (AvgIpc) is 2.04. The second-order valence-electron chi connectivity index (χ2n) is 1.91. The van der Waals surface area contributed by atoms with Crippen LogP contribution in [0.1, 0.15) is 10.5 Å². The summed E-state index contributed by atoms with van der Waals surface area (Å²) < 4.78 is 12.7. The summed E-state index contributed by atoms with van der Waals surface area (Å²) in [6.45, 7) is 0. The lowest BCUT2D eigenvalue weighted by Gasteiger charge is -1.97. The van der Waals surface area contributed by atoms with Gasteiger partial charge in [-0.25, -0.2) is 9.37 Å². The quantitative estimate of drug-likeness (QED) is 0.642. The van der Waals surface area contributed by atoms with Crippen molar-refractivity contribution in [2.24, 2.45) is 0 Å². The zero-order valence-corrected chi connectivity index (χ0v) is 5.97. The molecule has 1 rings (SSSR count). The first-order valence-corrected chi connectivity index (χ1v) is 3.08. The van der Waals surface area contributed by atoms with E-state index in [0.717, 1.165) is 0 Å². The van der Waals surface area contributed by atoms with Crippen molar-refractivity contribution >= 4 is 5.91 Å². The summed E-state index contributed by atoms with van der Waals surface area (Å²) in [4.78, 5) is 14.4. The van der Waals surface area contributed by atoms with Gasteiger partial charge < -0.3 is 5.32 Å². The standard InChI is InChI=1S/C7H7FN2O/c1-9-7(11)6-5(8)3-2-4-10-6/h2-4H,1H3,(H,9,11). The Morgan fingerprint density at radius 2 is 2.45 bits per heavy atom. The molecule has 0 saturated carbocycles. The summed E-state index contributed by atoms with van der Waals surface area (Å²) in [5.41, 5.74) is -0.171. The maximum absolute atomic E-state index is 12.7. The monoisotopic (exact) mass is 154 g/mol. The number of amides is 1. The molecule has 0 bridgehead atoms. The SMILES string of the molecule is CNC(=O)c1ncccc1F. The number of halogens is 1. The first-order chi connectivity index (χ1) is 5.25. The van der Waals surface area contributed by atoms with Crippen LogP contribution < -0.4 is 5.32 Å². The third-order valence-corrected chi connectivity index (χ3v) is 1.20. The van der Waals surface area contributed by atoms with Crippen LogP contribution in [0.3, 0.4) is 0 Å². The molecule has 1 heterocycles. The van der Waals surface area contributed by atoms with Crippen LogP contribution in [0.25, 0.3) is 0 Å². The summed E-state index contributed by atoms with van der Waals surface area (Å²) >= 11 is 0. The van der Waals surface area contributed by atoms with Crippen molar-refractivity contribution in [3.8, 4) is 0 Å². The van der Waals surface area contributed by atoms with E-state index in [2.05, 4.69) is 10.3 Å². The minimum atomic E-state index is -0.605. The van der Waals surface area contributed by atoms with Gasteiger partial charge in [0, 0.05) is 13.2 Å². The molecule has 58 valence electrons. The minimum absolute atomic E-state index is 0.171. The number of nitrogens with zero attached hydrogens (tertiary/aromatic N) is 1. The van der Waals surface area contributed by atoms with Gasteiger partial charge in [-0.3, -0.25) is 4.79 Å². The van der Waals surface area contributed by atoms with Crippen LogP contribution >= 0.6 is 0 Å². The highest BCUT2D eigenvalue weighted by Gasteiger charge is 2.09. The van der Waals surface area contributed by atoms with Crippen molar-refractivity contribution in [1.82, 2.24) is 10.3 Å².